The molecule has 0 aromatic heterocycles. The number of hydrogen-bond acceptors (Lipinski definition) is 4. The number of hydrogen-bond donors (Lipinski definition) is 2. The van der Waals surface area contributed by atoms with Crippen molar-refractivity contribution in [3.8, 4) is 0 Å². The Morgan fingerprint density at radius 3 is 2.42 bits per heavy atom. The van der Waals surface area contributed by atoms with E-state index in [1.54, 1.807) is 0 Å². The highest BCUT2D eigenvalue weighted by molar-refractivity contribution is 7.89. The molecule has 0 amide bonds. The fourth-order valence-corrected chi connectivity index (χ4v) is 3.99. The minimum atomic E-state index is -3.56. The first-order valence-corrected chi connectivity index (χ1v) is 9.81. The van der Waals surface area contributed by atoms with Crippen molar-refractivity contribution in [1.29, 1.82) is 0 Å². The van der Waals surface area contributed by atoms with Gasteiger partial charge in [-0.1, -0.05) is 11.6 Å². The normalized spacial score (nSPS) is 21.5. The monoisotopic (exact) mass is 375 g/mol. The van der Waals surface area contributed by atoms with E-state index in [9.17, 15) is 13.2 Å². The molecule has 1 saturated carbocycles. The van der Waals surface area contributed by atoms with Crippen molar-refractivity contribution in [2.45, 2.75) is 43.1 Å². The number of ether oxygens (including phenoxy) is 1. The van der Waals surface area contributed by atoms with E-state index in [-0.39, 0.29) is 29.9 Å². The molecule has 1 aromatic carbocycles. The van der Waals surface area contributed by atoms with Crippen molar-refractivity contribution in [2.75, 3.05) is 13.2 Å². The molecule has 0 radical (unpaired) electrons. The highest BCUT2D eigenvalue weighted by Gasteiger charge is 2.23. The Kier molecular flexibility index (Phi) is 7.03. The molecule has 6 nitrogen and oxygen atoms in total. The third-order valence-electron chi connectivity index (χ3n) is 4.13. The Labute approximate surface area is 147 Å². The number of aliphatic carboxylic acids is 1. The Morgan fingerprint density at radius 1 is 1.21 bits per heavy atom. The lowest BCUT2D eigenvalue weighted by atomic mass is 9.85. The van der Waals surface area contributed by atoms with E-state index in [0.29, 0.717) is 11.6 Å². The molecule has 0 aliphatic heterocycles. The molecular weight excluding hydrogens is 354 g/mol. The summed E-state index contributed by atoms with van der Waals surface area (Å²) in [5.74, 6) is -0.526. The molecule has 134 valence electrons. The number of carboxylic acids is 1. The third-order valence-corrected chi connectivity index (χ3v) is 5.86. The van der Waals surface area contributed by atoms with Gasteiger partial charge in [-0.3, -0.25) is 4.79 Å². The van der Waals surface area contributed by atoms with E-state index in [4.69, 9.17) is 21.4 Å². The smallest absolute Gasteiger partial charge is 0.303 e. The highest BCUT2D eigenvalue weighted by atomic mass is 35.5. The van der Waals surface area contributed by atoms with Crippen LogP contribution in [0.5, 0.6) is 0 Å². The predicted octanol–water partition coefficient (Wildman–Crippen LogP) is 2.67. The molecule has 1 aliphatic rings. The van der Waals surface area contributed by atoms with Gasteiger partial charge < -0.3 is 9.84 Å². The SMILES string of the molecule is O=C(O)CC1CCC(OCCNS(=O)(=O)c2ccc(Cl)cc2)CC1. The van der Waals surface area contributed by atoms with Gasteiger partial charge >= 0.3 is 5.97 Å². The number of rotatable bonds is 8. The molecule has 0 heterocycles. The Morgan fingerprint density at radius 2 is 1.83 bits per heavy atom. The number of benzene rings is 1. The fraction of sp³-hybridized carbons (Fsp3) is 0.562. The molecular formula is C16H22ClNO5S. The van der Waals surface area contributed by atoms with Crippen LogP contribution in [-0.2, 0) is 19.6 Å². The van der Waals surface area contributed by atoms with Crippen LogP contribution >= 0.6 is 11.6 Å². The lowest BCUT2D eigenvalue weighted by Crippen LogP contribution is -2.30. The number of nitrogens with one attached hydrogen (secondary N) is 1. The number of sulfonamides is 1. The standard InChI is InChI=1S/C16H22ClNO5S/c17-13-3-7-15(8-4-13)24(21,22)18-9-10-23-14-5-1-12(2-6-14)11-16(19)20/h3-4,7-8,12,14,18H,1-2,5-6,9-11H2,(H,19,20). The van der Waals surface area contributed by atoms with E-state index >= 15 is 0 Å². The molecule has 0 saturated heterocycles. The number of halogens is 1. The second-order valence-electron chi connectivity index (χ2n) is 5.96. The van der Waals surface area contributed by atoms with Gasteiger partial charge in [-0.25, -0.2) is 13.1 Å². The van der Waals surface area contributed by atoms with Crippen LogP contribution < -0.4 is 4.72 Å². The maximum atomic E-state index is 12.1. The lowest BCUT2D eigenvalue weighted by Gasteiger charge is -2.27. The minimum Gasteiger partial charge on any atom is -0.481 e. The van der Waals surface area contributed by atoms with Crippen LogP contribution in [0.15, 0.2) is 29.2 Å². The van der Waals surface area contributed by atoms with Gasteiger partial charge in [0.05, 0.1) is 17.6 Å². The second kappa shape index (κ2) is 8.80. The van der Waals surface area contributed by atoms with E-state index < -0.39 is 16.0 Å². The van der Waals surface area contributed by atoms with Crippen LogP contribution in [0.4, 0.5) is 0 Å². The zero-order chi connectivity index (χ0) is 17.6. The number of carboxylic acid groups (broad SMARTS) is 1. The van der Waals surface area contributed by atoms with Crippen LogP contribution in [-0.4, -0.2) is 38.7 Å². The van der Waals surface area contributed by atoms with Crippen LogP contribution in [0, 0.1) is 5.92 Å². The van der Waals surface area contributed by atoms with Crippen LogP contribution in [0.25, 0.3) is 0 Å². The van der Waals surface area contributed by atoms with Crippen LogP contribution in [0.1, 0.15) is 32.1 Å². The molecule has 1 aromatic rings. The maximum Gasteiger partial charge on any atom is 0.303 e. The molecule has 2 N–H and O–H groups in total. The molecule has 0 unspecified atom stereocenters. The summed E-state index contributed by atoms with van der Waals surface area (Å²) in [6.45, 7) is 0.487. The fourth-order valence-electron chi connectivity index (χ4n) is 2.85. The van der Waals surface area contributed by atoms with Crippen molar-refractivity contribution >= 4 is 27.6 Å². The zero-order valence-corrected chi connectivity index (χ0v) is 14.9. The molecule has 0 atom stereocenters. The van der Waals surface area contributed by atoms with Gasteiger partial charge in [0.25, 0.3) is 0 Å². The summed E-state index contributed by atoms with van der Waals surface area (Å²) in [4.78, 5) is 10.9. The van der Waals surface area contributed by atoms with E-state index in [1.165, 1.54) is 24.3 Å². The molecule has 1 fully saturated rings. The summed E-state index contributed by atoms with van der Waals surface area (Å²) in [6, 6.07) is 5.97. The van der Waals surface area contributed by atoms with E-state index in [1.807, 2.05) is 0 Å². The highest BCUT2D eigenvalue weighted by Crippen LogP contribution is 2.28. The quantitative estimate of drug-likeness (QED) is 0.681. The van der Waals surface area contributed by atoms with Gasteiger partial charge in [-0.05, 0) is 55.9 Å². The molecule has 1 aliphatic carbocycles. The molecule has 24 heavy (non-hydrogen) atoms. The van der Waals surface area contributed by atoms with E-state index in [2.05, 4.69) is 4.72 Å². The van der Waals surface area contributed by atoms with Crippen molar-refractivity contribution < 1.29 is 23.1 Å². The summed E-state index contributed by atoms with van der Waals surface area (Å²) >= 11 is 5.74. The average molecular weight is 376 g/mol. The Balaban J connectivity index is 1.68. The van der Waals surface area contributed by atoms with Gasteiger partial charge in [0, 0.05) is 18.0 Å². The molecule has 8 heteroatoms. The maximum absolute atomic E-state index is 12.1. The third kappa shape index (κ3) is 6.05. The lowest BCUT2D eigenvalue weighted by molar-refractivity contribution is -0.138. The molecule has 0 bridgehead atoms. The Bertz CT molecular complexity index is 639. The first-order valence-electron chi connectivity index (χ1n) is 7.95. The van der Waals surface area contributed by atoms with Crippen LogP contribution in [0.2, 0.25) is 5.02 Å². The van der Waals surface area contributed by atoms with E-state index in [0.717, 1.165) is 25.7 Å². The summed E-state index contributed by atoms with van der Waals surface area (Å²) in [5, 5.41) is 9.27. The first-order chi connectivity index (χ1) is 11.4. The summed E-state index contributed by atoms with van der Waals surface area (Å²) in [7, 11) is -3.56. The molecule has 2 rings (SSSR count). The second-order valence-corrected chi connectivity index (χ2v) is 8.17. The van der Waals surface area contributed by atoms with Crippen molar-refractivity contribution in [2.24, 2.45) is 5.92 Å². The first kappa shape index (κ1) is 19.2. The van der Waals surface area contributed by atoms with Crippen LogP contribution in [0.3, 0.4) is 0 Å². The van der Waals surface area contributed by atoms with Gasteiger partial charge in [0.1, 0.15) is 0 Å². The van der Waals surface area contributed by atoms with Crippen molar-refractivity contribution in [3.63, 3.8) is 0 Å². The van der Waals surface area contributed by atoms with Gasteiger partial charge in [0.15, 0.2) is 0 Å². The summed E-state index contributed by atoms with van der Waals surface area (Å²) < 4.78 is 32.3. The number of carbonyl (C=O) groups is 1. The minimum absolute atomic E-state index is 0.0788. The average Bonchev–Trinajstić information content (AvgIpc) is 2.53. The zero-order valence-electron chi connectivity index (χ0n) is 13.3. The largest absolute Gasteiger partial charge is 0.481 e. The van der Waals surface area contributed by atoms with Gasteiger partial charge in [-0.2, -0.15) is 0 Å². The summed E-state index contributed by atoms with van der Waals surface area (Å²) in [5.41, 5.74) is 0. The van der Waals surface area contributed by atoms with Gasteiger partial charge in [0.2, 0.25) is 10.0 Å². The van der Waals surface area contributed by atoms with Crippen molar-refractivity contribution in [1.82, 2.24) is 4.72 Å². The Hall–Kier alpha value is -1.15. The summed E-state index contributed by atoms with van der Waals surface area (Å²) in [6.07, 6.45) is 3.62. The topological polar surface area (TPSA) is 92.7 Å². The molecule has 0 spiro atoms. The predicted molar refractivity (Wildman–Crippen MR) is 90.6 cm³/mol. The van der Waals surface area contributed by atoms with Crippen molar-refractivity contribution in [3.05, 3.63) is 29.3 Å². The van der Waals surface area contributed by atoms with Gasteiger partial charge in [-0.15, -0.1) is 0 Å².